The van der Waals surface area contributed by atoms with Gasteiger partial charge >= 0.3 is 5.97 Å². The fourth-order valence-electron chi connectivity index (χ4n) is 1.33. The third kappa shape index (κ3) is 4.23. The standard InChI is InChI=1S/C14H16O3/c1-10(2)9-13(15)17-11(3)14(16)12-7-5-4-6-8-12/h4-9,11H,1-3H3. The first-order valence-electron chi connectivity index (χ1n) is 5.45. The summed E-state index contributed by atoms with van der Waals surface area (Å²) in [5.74, 6) is -0.678. The maximum atomic E-state index is 11.9. The molecule has 0 aliphatic carbocycles. The molecular weight excluding hydrogens is 216 g/mol. The van der Waals surface area contributed by atoms with Crippen molar-refractivity contribution in [2.75, 3.05) is 0 Å². The molecule has 0 aliphatic heterocycles. The highest BCUT2D eigenvalue weighted by Gasteiger charge is 2.17. The molecule has 0 fully saturated rings. The molecule has 0 heterocycles. The predicted octanol–water partition coefficient (Wildman–Crippen LogP) is 2.77. The minimum absolute atomic E-state index is 0.193. The van der Waals surface area contributed by atoms with Crippen LogP contribution in [-0.4, -0.2) is 17.9 Å². The number of Topliss-reactive ketones (excluding diaryl/α,β-unsaturated/α-hetero) is 1. The summed E-state index contributed by atoms with van der Waals surface area (Å²) in [4.78, 5) is 23.2. The van der Waals surface area contributed by atoms with Crippen LogP contribution in [0.4, 0.5) is 0 Å². The van der Waals surface area contributed by atoms with Crippen molar-refractivity contribution in [1.82, 2.24) is 0 Å². The van der Waals surface area contributed by atoms with Crippen molar-refractivity contribution in [1.29, 1.82) is 0 Å². The lowest BCUT2D eigenvalue weighted by molar-refractivity contribution is -0.140. The smallest absolute Gasteiger partial charge is 0.331 e. The van der Waals surface area contributed by atoms with E-state index in [1.54, 1.807) is 45.0 Å². The molecule has 0 N–H and O–H groups in total. The molecule has 0 amide bonds. The number of ketones is 1. The van der Waals surface area contributed by atoms with Crippen LogP contribution in [0.15, 0.2) is 42.0 Å². The van der Waals surface area contributed by atoms with Gasteiger partial charge in [0.25, 0.3) is 0 Å². The second-order valence-electron chi connectivity index (χ2n) is 4.03. The zero-order chi connectivity index (χ0) is 12.8. The fourth-order valence-corrected chi connectivity index (χ4v) is 1.33. The van der Waals surface area contributed by atoms with Gasteiger partial charge in [-0.1, -0.05) is 35.9 Å². The average Bonchev–Trinajstić information content (AvgIpc) is 2.28. The van der Waals surface area contributed by atoms with Gasteiger partial charge in [0, 0.05) is 11.6 Å². The molecule has 0 radical (unpaired) electrons. The SMILES string of the molecule is CC(C)=CC(=O)OC(C)C(=O)c1ccccc1. The Hall–Kier alpha value is -1.90. The van der Waals surface area contributed by atoms with Gasteiger partial charge in [0.15, 0.2) is 6.10 Å². The average molecular weight is 232 g/mol. The third-order valence-corrected chi connectivity index (χ3v) is 2.13. The Morgan fingerprint density at radius 2 is 1.76 bits per heavy atom. The summed E-state index contributed by atoms with van der Waals surface area (Å²) in [5, 5.41) is 0. The molecule has 3 heteroatoms. The molecule has 0 saturated heterocycles. The van der Waals surface area contributed by atoms with Crippen LogP contribution in [0, 0.1) is 0 Å². The summed E-state index contributed by atoms with van der Waals surface area (Å²) < 4.78 is 5.01. The quantitative estimate of drug-likeness (QED) is 0.455. The van der Waals surface area contributed by atoms with Crippen molar-refractivity contribution in [3.63, 3.8) is 0 Å². The predicted molar refractivity (Wildman–Crippen MR) is 65.8 cm³/mol. The van der Waals surface area contributed by atoms with E-state index in [0.717, 1.165) is 5.57 Å². The number of hydrogen-bond acceptors (Lipinski definition) is 3. The molecule has 17 heavy (non-hydrogen) atoms. The van der Waals surface area contributed by atoms with Gasteiger partial charge in [-0.15, -0.1) is 0 Å². The number of esters is 1. The number of allylic oxidation sites excluding steroid dienone is 1. The maximum absolute atomic E-state index is 11.9. The van der Waals surface area contributed by atoms with Crippen LogP contribution < -0.4 is 0 Å². The molecule has 0 aromatic heterocycles. The highest BCUT2D eigenvalue weighted by atomic mass is 16.5. The summed E-state index contributed by atoms with van der Waals surface area (Å²) in [6.07, 6.45) is 0.606. The molecule has 0 spiro atoms. The number of ether oxygens (including phenoxy) is 1. The van der Waals surface area contributed by atoms with Crippen molar-refractivity contribution in [3.8, 4) is 0 Å². The molecule has 1 rings (SSSR count). The third-order valence-electron chi connectivity index (χ3n) is 2.13. The monoisotopic (exact) mass is 232 g/mol. The Morgan fingerprint density at radius 1 is 1.18 bits per heavy atom. The van der Waals surface area contributed by atoms with E-state index in [1.165, 1.54) is 6.08 Å². The molecule has 1 aromatic rings. The highest BCUT2D eigenvalue weighted by molar-refractivity contribution is 6.00. The largest absolute Gasteiger partial charge is 0.451 e. The molecule has 90 valence electrons. The second-order valence-corrected chi connectivity index (χ2v) is 4.03. The Kier molecular flexibility index (Phi) is 4.64. The Morgan fingerprint density at radius 3 is 2.29 bits per heavy atom. The van der Waals surface area contributed by atoms with E-state index in [0.29, 0.717) is 5.56 Å². The van der Waals surface area contributed by atoms with Gasteiger partial charge in [-0.25, -0.2) is 4.79 Å². The van der Waals surface area contributed by atoms with Gasteiger partial charge < -0.3 is 4.74 Å². The van der Waals surface area contributed by atoms with Gasteiger partial charge in [0.2, 0.25) is 5.78 Å². The number of carbonyl (C=O) groups excluding carboxylic acids is 2. The van der Waals surface area contributed by atoms with Crippen LogP contribution in [0.5, 0.6) is 0 Å². The van der Waals surface area contributed by atoms with Crippen LogP contribution in [-0.2, 0) is 9.53 Å². The fraction of sp³-hybridized carbons (Fsp3) is 0.286. The molecule has 0 aliphatic rings. The van der Waals surface area contributed by atoms with Gasteiger partial charge in [-0.3, -0.25) is 4.79 Å². The van der Waals surface area contributed by atoms with Crippen molar-refractivity contribution >= 4 is 11.8 Å². The zero-order valence-electron chi connectivity index (χ0n) is 10.3. The maximum Gasteiger partial charge on any atom is 0.331 e. The first-order chi connectivity index (χ1) is 8.00. The van der Waals surface area contributed by atoms with Gasteiger partial charge in [0.05, 0.1) is 0 Å². The Bertz CT molecular complexity index is 428. The minimum atomic E-state index is -0.763. The van der Waals surface area contributed by atoms with Gasteiger partial charge in [-0.2, -0.15) is 0 Å². The topological polar surface area (TPSA) is 43.4 Å². The van der Waals surface area contributed by atoms with E-state index in [2.05, 4.69) is 0 Å². The Labute approximate surface area is 101 Å². The van der Waals surface area contributed by atoms with Crippen LogP contribution in [0.25, 0.3) is 0 Å². The number of carbonyl (C=O) groups is 2. The molecule has 1 aromatic carbocycles. The molecule has 1 unspecified atom stereocenters. The van der Waals surface area contributed by atoms with Crippen molar-refractivity contribution in [2.45, 2.75) is 26.9 Å². The van der Waals surface area contributed by atoms with Crippen LogP contribution in [0.2, 0.25) is 0 Å². The summed E-state index contributed by atoms with van der Waals surface area (Å²) >= 11 is 0. The molecule has 0 saturated carbocycles. The normalized spacial score (nSPS) is 11.5. The number of benzene rings is 1. The molecule has 0 bridgehead atoms. The van der Waals surface area contributed by atoms with E-state index in [1.807, 2.05) is 6.07 Å². The summed E-state index contributed by atoms with van der Waals surface area (Å²) in [5.41, 5.74) is 1.39. The minimum Gasteiger partial charge on any atom is -0.451 e. The van der Waals surface area contributed by atoms with E-state index >= 15 is 0 Å². The van der Waals surface area contributed by atoms with Crippen LogP contribution in [0.3, 0.4) is 0 Å². The summed E-state index contributed by atoms with van der Waals surface area (Å²) in [6.45, 7) is 5.17. The first-order valence-corrected chi connectivity index (χ1v) is 5.45. The van der Waals surface area contributed by atoms with Crippen LogP contribution in [0.1, 0.15) is 31.1 Å². The van der Waals surface area contributed by atoms with Gasteiger partial charge in [0.1, 0.15) is 0 Å². The molecular formula is C14H16O3. The second kappa shape index (κ2) is 5.99. The number of hydrogen-bond donors (Lipinski definition) is 0. The van der Waals surface area contributed by atoms with Gasteiger partial charge in [-0.05, 0) is 20.8 Å². The molecule has 1 atom stereocenters. The zero-order valence-corrected chi connectivity index (χ0v) is 10.3. The lowest BCUT2D eigenvalue weighted by atomic mass is 10.1. The summed E-state index contributed by atoms with van der Waals surface area (Å²) in [7, 11) is 0. The van der Waals surface area contributed by atoms with E-state index in [9.17, 15) is 9.59 Å². The molecule has 3 nitrogen and oxygen atoms in total. The van der Waals surface area contributed by atoms with Crippen molar-refractivity contribution in [2.24, 2.45) is 0 Å². The lowest BCUT2D eigenvalue weighted by Crippen LogP contribution is -2.23. The van der Waals surface area contributed by atoms with E-state index in [-0.39, 0.29) is 5.78 Å². The van der Waals surface area contributed by atoms with E-state index < -0.39 is 12.1 Å². The van der Waals surface area contributed by atoms with Crippen LogP contribution >= 0.6 is 0 Å². The Balaban J connectivity index is 2.66. The summed E-state index contributed by atoms with van der Waals surface area (Å²) in [6, 6.07) is 8.79. The van der Waals surface area contributed by atoms with E-state index in [4.69, 9.17) is 4.74 Å². The number of rotatable bonds is 4. The van der Waals surface area contributed by atoms with Crippen molar-refractivity contribution in [3.05, 3.63) is 47.5 Å². The lowest BCUT2D eigenvalue weighted by Gasteiger charge is -2.10. The first kappa shape index (κ1) is 13.2. The highest BCUT2D eigenvalue weighted by Crippen LogP contribution is 2.06. The van der Waals surface area contributed by atoms with Crippen molar-refractivity contribution < 1.29 is 14.3 Å².